The molecule has 0 unspecified atom stereocenters. The van der Waals surface area contributed by atoms with Gasteiger partial charge in [-0.1, -0.05) is 50.2 Å². The van der Waals surface area contributed by atoms with Crippen molar-refractivity contribution in [3.8, 4) is 0 Å². The van der Waals surface area contributed by atoms with E-state index in [2.05, 4.69) is 48.5 Å². The van der Waals surface area contributed by atoms with E-state index in [0.29, 0.717) is 17.9 Å². The first-order valence-corrected chi connectivity index (χ1v) is 8.69. The molecule has 0 saturated heterocycles. The number of nitrogens with one attached hydrogen (secondary N) is 1. The van der Waals surface area contributed by atoms with E-state index < -0.39 is 0 Å². The number of carbonyl (C=O) groups excluding carboxylic acids is 1. The van der Waals surface area contributed by atoms with Crippen LogP contribution in [-0.4, -0.2) is 15.7 Å². The fourth-order valence-corrected chi connectivity index (χ4v) is 2.70. The lowest BCUT2D eigenvalue weighted by molar-refractivity contribution is 0.102. The Morgan fingerprint density at radius 3 is 2.04 bits per heavy atom. The zero-order valence-electron chi connectivity index (χ0n) is 14.7. The van der Waals surface area contributed by atoms with Crippen LogP contribution in [0.15, 0.2) is 60.8 Å². The predicted octanol–water partition coefficient (Wildman–Crippen LogP) is 4.31. The van der Waals surface area contributed by atoms with Crippen LogP contribution in [0.25, 0.3) is 0 Å². The molecule has 0 radical (unpaired) electrons. The smallest absolute Gasteiger partial charge is 0.256 e. The maximum absolute atomic E-state index is 12.4. The Labute approximate surface area is 148 Å². The van der Waals surface area contributed by atoms with E-state index in [1.165, 1.54) is 11.1 Å². The van der Waals surface area contributed by atoms with Gasteiger partial charge < -0.3 is 5.32 Å². The molecule has 1 N–H and O–H groups in total. The lowest BCUT2D eigenvalue weighted by atomic mass is 10.1. The molecular formula is C21H23N3O. The molecule has 2 aromatic carbocycles. The summed E-state index contributed by atoms with van der Waals surface area (Å²) in [5.74, 6) is 0.579. The average Bonchev–Trinajstić information content (AvgIpc) is 3.09. The number of nitrogens with zero attached hydrogens (tertiary/aromatic N) is 2. The number of amides is 1. The molecule has 1 aromatic heterocycles. The van der Waals surface area contributed by atoms with Gasteiger partial charge in [0.2, 0.25) is 0 Å². The highest BCUT2D eigenvalue weighted by Crippen LogP contribution is 2.13. The second kappa shape index (κ2) is 7.79. The van der Waals surface area contributed by atoms with Crippen LogP contribution in [0, 0.1) is 0 Å². The van der Waals surface area contributed by atoms with Crippen LogP contribution in [-0.2, 0) is 19.4 Å². The van der Waals surface area contributed by atoms with E-state index >= 15 is 0 Å². The number of hydrogen-bond donors (Lipinski definition) is 1. The number of carbonyl (C=O) groups is 1. The van der Waals surface area contributed by atoms with E-state index in [1.807, 2.05) is 30.3 Å². The minimum Gasteiger partial charge on any atom is -0.307 e. The van der Waals surface area contributed by atoms with Crippen molar-refractivity contribution in [3.63, 3.8) is 0 Å². The topological polar surface area (TPSA) is 46.9 Å². The zero-order valence-corrected chi connectivity index (χ0v) is 14.7. The Morgan fingerprint density at radius 1 is 0.880 bits per heavy atom. The van der Waals surface area contributed by atoms with E-state index in [4.69, 9.17) is 0 Å². The first-order chi connectivity index (χ1) is 12.2. The molecule has 25 heavy (non-hydrogen) atoms. The molecule has 0 bridgehead atoms. The Morgan fingerprint density at radius 2 is 1.44 bits per heavy atom. The molecule has 0 saturated carbocycles. The summed E-state index contributed by atoms with van der Waals surface area (Å²) in [5.41, 5.74) is 4.34. The lowest BCUT2D eigenvalue weighted by Gasteiger charge is -2.10. The van der Waals surface area contributed by atoms with Gasteiger partial charge in [-0.2, -0.15) is 5.10 Å². The van der Waals surface area contributed by atoms with Gasteiger partial charge in [-0.05, 0) is 41.7 Å². The number of aryl methyl sites for hydroxylation is 2. The Balaban J connectivity index is 1.70. The maximum Gasteiger partial charge on any atom is 0.256 e. The Hall–Kier alpha value is -2.88. The summed E-state index contributed by atoms with van der Waals surface area (Å²) < 4.78 is 1.80. The minimum absolute atomic E-state index is 0.120. The predicted molar refractivity (Wildman–Crippen MR) is 101 cm³/mol. The van der Waals surface area contributed by atoms with Gasteiger partial charge in [0.05, 0.1) is 12.7 Å². The van der Waals surface area contributed by atoms with Crippen LogP contribution < -0.4 is 5.32 Å². The molecule has 3 aromatic rings. The molecule has 0 atom stereocenters. The van der Waals surface area contributed by atoms with Crippen LogP contribution in [0.1, 0.15) is 40.9 Å². The van der Waals surface area contributed by atoms with Crippen molar-refractivity contribution in [2.24, 2.45) is 0 Å². The van der Waals surface area contributed by atoms with Crippen molar-refractivity contribution in [2.75, 3.05) is 5.32 Å². The standard InChI is InChI=1S/C21H23N3O/c1-3-16-5-7-18(8-6-16)15-24-20(13-14-22-24)23-21(25)19-11-9-17(4-2)10-12-19/h5-14H,3-4,15H2,1-2H3,(H,23,25). The van der Waals surface area contributed by atoms with Crippen LogP contribution in [0.2, 0.25) is 0 Å². The van der Waals surface area contributed by atoms with Gasteiger partial charge in [-0.3, -0.25) is 4.79 Å². The fraction of sp³-hybridized carbons (Fsp3) is 0.238. The third-order valence-electron chi connectivity index (χ3n) is 4.35. The van der Waals surface area contributed by atoms with E-state index in [-0.39, 0.29) is 5.91 Å². The van der Waals surface area contributed by atoms with Crippen molar-refractivity contribution >= 4 is 11.7 Å². The molecule has 0 aliphatic rings. The van der Waals surface area contributed by atoms with Gasteiger partial charge in [-0.25, -0.2) is 4.68 Å². The first-order valence-electron chi connectivity index (χ1n) is 8.69. The van der Waals surface area contributed by atoms with Crippen LogP contribution >= 0.6 is 0 Å². The first kappa shape index (κ1) is 17.0. The lowest BCUT2D eigenvalue weighted by Crippen LogP contribution is -2.16. The second-order valence-electron chi connectivity index (χ2n) is 6.05. The highest BCUT2D eigenvalue weighted by molar-refractivity contribution is 6.03. The van der Waals surface area contributed by atoms with Gasteiger partial charge >= 0.3 is 0 Å². The summed E-state index contributed by atoms with van der Waals surface area (Å²) in [5, 5.41) is 7.28. The summed E-state index contributed by atoms with van der Waals surface area (Å²) in [6.07, 6.45) is 3.70. The van der Waals surface area contributed by atoms with Crippen LogP contribution in [0.3, 0.4) is 0 Å². The fourth-order valence-electron chi connectivity index (χ4n) is 2.70. The maximum atomic E-state index is 12.4. The summed E-state index contributed by atoms with van der Waals surface area (Å²) >= 11 is 0. The summed E-state index contributed by atoms with van der Waals surface area (Å²) in [6.45, 7) is 4.87. The average molecular weight is 333 g/mol. The van der Waals surface area contributed by atoms with Crippen molar-refractivity contribution in [1.82, 2.24) is 9.78 Å². The summed E-state index contributed by atoms with van der Waals surface area (Å²) in [7, 11) is 0. The van der Waals surface area contributed by atoms with Gasteiger partial charge in [0.1, 0.15) is 5.82 Å². The van der Waals surface area contributed by atoms with Gasteiger partial charge in [0.25, 0.3) is 5.91 Å². The summed E-state index contributed by atoms with van der Waals surface area (Å²) in [6, 6.07) is 18.0. The molecule has 128 valence electrons. The Bertz CT molecular complexity index is 832. The van der Waals surface area contributed by atoms with Crippen LogP contribution in [0.5, 0.6) is 0 Å². The largest absolute Gasteiger partial charge is 0.307 e. The van der Waals surface area contributed by atoms with Crippen molar-refractivity contribution in [3.05, 3.63) is 83.0 Å². The molecule has 1 amide bonds. The molecule has 1 heterocycles. The number of rotatable bonds is 6. The highest BCUT2D eigenvalue weighted by Gasteiger charge is 2.10. The third kappa shape index (κ3) is 4.15. The molecule has 0 spiro atoms. The van der Waals surface area contributed by atoms with Gasteiger partial charge in [-0.15, -0.1) is 0 Å². The third-order valence-corrected chi connectivity index (χ3v) is 4.35. The van der Waals surface area contributed by atoms with E-state index in [0.717, 1.165) is 18.4 Å². The minimum atomic E-state index is -0.120. The Kier molecular flexibility index (Phi) is 5.29. The number of hydrogen-bond acceptors (Lipinski definition) is 2. The second-order valence-corrected chi connectivity index (χ2v) is 6.05. The van der Waals surface area contributed by atoms with E-state index in [1.54, 1.807) is 10.9 Å². The van der Waals surface area contributed by atoms with Crippen molar-refractivity contribution < 1.29 is 4.79 Å². The molecule has 3 rings (SSSR count). The van der Waals surface area contributed by atoms with Gasteiger partial charge in [0, 0.05) is 11.6 Å². The number of anilines is 1. The molecule has 0 aliphatic carbocycles. The monoisotopic (exact) mass is 333 g/mol. The number of benzene rings is 2. The molecular weight excluding hydrogens is 310 g/mol. The molecule has 0 fully saturated rings. The molecule has 4 heteroatoms. The van der Waals surface area contributed by atoms with Crippen molar-refractivity contribution in [1.29, 1.82) is 0 Å². The number of aromatic nitrogens is 2. The van der Waals surface area contributed by atoms with E-state index in [9.17, 15) is 4.79 Å². The SMILES string of the molecule is CCc1ccc(Cn2nccc2NC(=O)c2ccc(CC)cc2)cc1. The normalized spacial score (nSPS) is 10.6. The molecule has 0 aliphatic heterocycles. The van der Waals surface area contributed by atoms with Crippen LogP contribution in [0.4, 0.5) is 5.82 Å². The van der Waals surface area contributed by atoms with Gasteiger partial charge in [0.15, 0.2) is 0 Å². The zero-order chi connectivity index (χ0) is 17.6. The molecule has 4 nitrogen and oxygen atoms in total. The quantitative estimate of drug-likeness (QED) is 0.731. The highest BCUT2D eigenvalue weighted by atomic mass is 16.1. The van der Waals surface area contributed by atoms with Crippen molar-refractivity contribution in [2.45, 2.75) is 33.2 Å². The summed E-state index contributed by atoms with van der Waals surface area (Å²) in [4.78, 5) is 12.4.